The van der Waals surface area contributed by atoms with Gasteiger partial charge in [-0.3, -0.25) is 9.59 Å². The zero-order valence-corrected chi connectivity index (χ0v) is 15.5. The number of pyridine rings is 1. The number of aryl methyl sites for hydroxylation is 1. The first-order chi connectivity index (χ1) is 11.4. The number of benzene rings is 1. The molecule has 1 atom stereocenters. The molecular weight excluding hydrogens is 370 g/mol. The van der Waals surface area contributed by atoms with Gasteiger partial charge in [0.2, 0.25) is 0 Å². The third-order valence-electron chi connectivity index (χ3n) is 3.63. The summed E-state index contributed by atoms with van der Waals surface area (Å²) in [5.74, 6) is -0.638. The van der Waals surface area contributed by atoms with Gasteiger partial charge >= 0.3 is 0 Å². The first kappa shape index (κ1) is 18.1. The van der Waals surface area contributed by atoms with Gasteiger partial charge in [-0.15, -0.1) is 0 Å². The van der Waals surface area contributed by atoms with Crippen molar-refractivity contribution in [2.24, 2.45) is 0 Å². The molecule has 2 aromatic rings. The van der Waals surface area contributed by atoms with Crippen LogP contribution in [0.15, 0.2) is 40.9 Å². The Hall–Kier alpha value is -2.21. The van der Waals surface area contributed by atoms with Crippen molar-refractivity contribution >= 4 is 33.4 Å². The Labute approximate surface area is 150 Å². The van der Waals surface area contributed by atoms with Gasteiger partial charge in [0.15, 0.2) is 0 Å². The van der Waals surface area contributed by atoms with Gasteiger partial charge in [0, 0.05) is 16.2 Å². The van der Waals surface area contributed by atoms with Crippen LogP contribution >= 0.6 is 15.9 Å². The third kappa shape index (κ3) is 4.64. The Morgan fingerprint density at radius 1 is 1.17 bits per heavy atom. The number of carbonyl (C=O) groups excluding carboxylic acids is 2. The van der Waals surface area contributed by atoms with Crippen molar-refractivity contribution in [3.8, 4) is 0 Å². The SMILES string of the molecule is CCC(C)NC(=O)c1cccc(C(=O)Nc2ccc(C)c(Br)c2)n1. The molecule has 0 spiro atoms. The largest absolute Gasteiger partial charge is 0.348 e. The summed E-state index contributed by atoms with van der Waals surface area (Å²) in [7, 11) is 0. The summed E-state index contributed by atoms with van der Waals surface area (Å²) in [6.45, 7) is 5.88. The minimum atomic E-state index is -0.357. The van der Waals surface area contributed by atoms with Gasteiger partial charge in [-0.05, 0) is 50.1 Å². The molecule has 0 saturated heterocycles. The van der Waals surface area contributed by atoms with E-state index in [1.54, 1.807) is 18.2 Å². The molecule has 2 N–H and O–H groups in total. The summed E-state index contributed by atoms with van der Waals surface area (Å²) >= 11 is 3.43. The van der Waals surface area contributed by atoms with E-state index >= 15 is 0 Å². The van der Waals surface area contributed by atoms with Crippen LogP contribution in [0.4, 0.5) is 5.69 Å². The van der Waals surface area contributed by atoms with Crippen molar-refractivity contribution in [2.75, 3.05) is 5.32 Å². The standard InChI is InChI=1S/C18H20BrN3O2/c1-4-12(3)20-17(23)15-6-5-7-16(22-15)18(24)21-13-9-8-11(2)14(19)10-13/h5-10,12H,4H2,1-3H3,(H,20,23)(H,21,24). The topological polar surface area (TPSA) is 71.1 Å². The van der Waals surface area contributed by atoms with Crippen LogP contribution in [-0.4, -0.2) is 22.8 Å². The number of rotatable bonds is 5. The lowest BCUT2D eigenvalue weighted by Gasteiger charge is -2.11. The molecule has 0 saturated carbocycles. The maximum Gasteiger partial charge on any atom is 0.274 e. The second kappa shape index (κ2) is 8.06. The molecule has 24 heavy (non-hydrogen) atoms. The number of carbonyl (C=O) groups is 2. The lowest BCUT2D eigenvalue weighted by atomic mass is 10.2. The highest BCUT2D eigenvalue weighted by Gasteiger charge is 2.14. The van der Waals surface area contributed by atoms with Crippen LogP contribution < -0.4 is 10.6 Å². The molecule has 2 rings (SSSR count). The van der Waals surface area contributed by atoms with Gasteiger partial charge in [-0.25, -0.2) is 4.98 Å². The van der Waals surface area contributed by atoms with Gasteiger partial charge in [0.05, 0.1) is 0 Å². The Bertz CT molecular complexity index is 762. The molecule has 1 heterocycles. The molecule has 0 radical (unpaired) electrons. The molecule has 0 aliphatic heterocycles. The van der Waals surface area contributed by atoms with Crippen molar-refractivity contribution < 1.29 is 9.59 Å². The molecule has 1 unspecified atom stereocenters. The van der Waals surface area contributed by atoms with E-state index in [4.69, 9.17) is 0 Å². The molecule has 0 fully saturated rings. The second-order valence-electron chi connectivity index (χ2n) is 5.61. The van der Waals surface area contributed by atoms with E-state index in [-0.39, 0.29) is 29.2 Å². The Morgan fingerprint density at radius 3 is 2.46 bits per heavy atom. The summed E-state index contributed by atoms with van der Waals surface area (Å²) in [4.78, 5) is 28.6. The quantitative estimate of drug-likeness (QED) is 0.813. The van der Waals surface area contributed by atoms with E-state index in [0.29, 0.717) is 5.69 Å². The van der Waals surface area contributed by atoms with E-state index in [9.17, 15) is 9.59 Å². The number of hydrogen-bond acceptors (Lipinski definition) is 3. The molecule has 6 heteroatoms. The van der Waals surface area contributed by atoms with E-state index in [0.717, 1.165) is 16.5 Å². The van der Waals surface area contributed by atoms with Gasteiger partial charge in [-0.2, -0.15) is 0 Å². The van der Waals surface area contributed by atoms with Gasteiger partial charge in [-0.1, -0.05) is 35.0 Å². The lowest BCUT2D eigenvalue weighted by Crippen LogP contribution is -2.32. The van der Waals surface area contributed by atoms with Crippen LogP contribution in [0.1, 0.15) is 46.8 Å². The Kier molecular flexibility index (Phi) is 6.09. The average Bonchev–Trinajstić information content (AvgIpc) is 2.58. The molecule has 1 aromatic carbocycles. The summed E-state index contributed by atoms with van der Waals surface area (Å²) in [6, 6.07) is 10.4. The minimum absolute atomic E-state index is 0.0571. The van der Waals surface area contributed by atoms with Crippen molar-refractivity contribution in [1.82, 2.24) is 10.3 Å². The van der Waals surface area contributed by atoms with E-state index < -0.39 is 0 Å². The fraction of sp³-hybridized carbons (Fsp3) is 0.278. The normalized spacial score (nSPS) is 11.7. The van der Waals surface area contributed by atoms with E-state index in [1.807, 2.05) is 39.0 Å². The number of halogens is 1. The molecule has 1 aromatic heterocycles. The zero-order valence-electron chi connectivity index (χ0n) is 13.9. The number of nitrogens with one attached hydrogen (secondary N) is 2. The Balaban J connectivity index is 2.13. The maximum absolute atomic E-state index is 12.3. The average molecular weight is 390 g/mol. The van der Waals surface area contributed by atoms with Crippen molar-refractivity contribution in [3.05, 3.63) is 57.8 Å². The number of nitrogens with zero attached hydrogens (tertiary/aromatic N) is 1. The number of aromatic nitrogens is 1. The molecule has 0 bridgehead atoms. The molecule has 2 amide bonds. The van der Waals surface area contributed by atoms with Crippen LogP contribution in [0.25, 0.3) is 0 Å². The molecule has 126 valence electrons. The van der Waals surface area contributed by atoms with Crippen LogP contribution in [0.3, 0.4) is 0 Å². The lowest BCUT2D eigenvalue weighted by molar-refractivity contribution is 0.0934. The summed E-state index contributed by atoms with van der Waals surface area (Å²) in [6.07, 6.45) is 0.828. The number of anilines is 1. The van der Waals surface area contributed by atoms with E-state index in [2.05, 4.69) is 31.5 Å². The Morgan fingerprint density at radius 2 is 1.83 bits per heavy atom. The summed E-state index contributed by atoms with van der Waals surface area (Å²) in [5, 5.41) is 5.62. The van der Waals surface area contributed by atoms with Crippen molar-refractivity contribution in [3.63, 3.8) is 0 Å². The van der Waals surface area contributed by atoms with Crippen LogP contribution in [0, 0.1) is 6.92 Å². The van der Waals surface area contributed by atoms with Gasteiger partial charge < -0.3 is 10.6 Å². The fourth-order valence-electron chi connectivity index (χ4n) is 1.95. The maximum atomic E-state index is 12.3. The first-order valence-corrected chi connectivity index (χ1v) is 8.55. The number of hydrogen-bond donors (Lipinski definition) is 2. The second-order valence-corrected chi connectivity index (χ2v) is 6.46. The van der Waals surface area contributed by atoms with Gasteiger partial charge in [0.1, 0.15) is 11.4 Å². The predicted molar refractivity (Wildman–Crippen MR) is 98.3 cm³/mol. The van der Waals surface area contributed by atoms with Crippen LogP contribution in [0.2, 0.25) is 0 Å². The summed E-state index contributed by atoms with van der Waals surface area (Å²) < 4.78 is 0.912. The van der Waals surface area contributed by atoms with Crippen LogP contribution in [0.5, 0.6) is 0 Å². The minimum Gasteiger partial charge on any atom is -0.348 e. The van der Waals surface area contributed by atoms with Crippen molar-refractivity contribution in [2.45, 2.75) is 33.2 Å². The first-order valence-electron chi connectivity index (χ1n) is 7.76. The van der Waals surface area contributed by atoms with Gasteiger partial charge in [0.25, 0.3) is 11.8 Å². The van der Waals surface area contributed by atoms with E-state index in [1.165, 1.54) is 0 Å². The van der Waals surface area contributed by atoms with Crippen LogP contribution in [-0.2, 0) is 0 Å². The predicted octanol–water partition coefficient (Wildman–Crippen LogP) is 3.93. The summed E-state index contributed by atoms with van der Waals surface area (Å²) in [5.41, 5.74) is 2.17. The molecule has 0 aliphatic carbocycles. The monoisotopic (exact) mass is 389 g/mol. The molecule has 0 aliphatic rings. The zero-order chi connectivity index (χ0) is 17.7. The highest BCUT2D eigenvalue weighted by Crippen LogP contribution is 2.21. The molecular formula is C18H20BrN3O2. The number of amides is 2. The smallest absolute Gasteiger partial charge is 0.274 e. The highest BCUT2D eigenvalue weighted by molar-refractivity contribution is 9.10. The third-order valence-corrected chi connectivity index (χ3v) is 4.49. The highest BCUT2D eigenvalue weighted by atomic mass is 79.9. The van der Waals surface area contributed by atoms with Crippen molar-refractivity contribution in [1.29, 1.82) is 0 Å². The molecule has 5 nitrogen and oxygen atoms in total. The fourth-order valence-corrected chi connectivity index (χ4v) is 2.33.